The summed E-state index contributed by atoms with van der Waals surface area (Å²) in [6, 6.07) is 10.6. The molecule has 1 rings (SSSR count). The van der Waals surface area contributed by atoms with E-state index in [9.17, 15) is 9.59 Å². The minimum absolute atomic E-state index is 0.0488. The number of hydrogen-bond donors (Lipinski definition) is 1. The Hall–Kier alpha value is -2.83. The quantitative estimate of drug-likeness (QED) is 0.584. The number of nitriles is 1. The summed E-state index contributed by atoms with van der Waals surface area (Å²) in [7, 11) is 0. The second-order valence-corrected chi connectivity index (χ2v) is 4.22. The Bertz CT molecular complexity index is 572. The number of carbonyl (C=O) groups excluding carboxylic acids is 1. The van der Waals surface area contributed by atoms with Gasteiger partial charge in [0, 0.05) is 5.69 Å². The van der Waals surface area contributed by atoms with Crippen LogP contribution in [0.2, 0.25) is 0 Å². The van der Waals surface area contributed by atoms with Gasteiger partial charge in [0.25, 0.3) is 0 Å². The molecule has 0 heterocycles. The Labute approximate surface area is 123 Å². The predicted octanol–water partition coefficient (Wildman–Crippen LogP) is 0.563. The number of rotatable bonds is 7. The van der Waals surface area contributed by atoms with Gasteiger partial charge in [-0.05, 0) is 12.1 Å². The lowest BCUT2D eigenvalue weighted by Gasteiger charge is -2.23. The molecule has 0 aromatic heterocycles. The summed E-state index contributed by atoms with van der Waals surface area (Å²) in [6.07, 6.45) is 5.16. The monoisotopic (exact) mass is 285 g/mol. The highest BCUT2D eigenvalue weighted by Crippen LogP contribution is 2.13. The van der Waals surface area contributed by atoms with E-state index >= 15 is 0 Å². The van der Waals surface area contributed by atoms with Crippen LogP contribution in [0.15, 0.2) is 30.3 Å². The van der Waals surface area contributed by atoms with Crippen LogP contribution in [0.25, 0.3) is 0 Å². The van der Waals surface area contributed by atoms with Gasteiger partial charge in [-0.1, -0.05) is 24.1 Å². The SMILES string of the molecule is C#CCN(CC(=O)O)CC(=O)N(CC#N)c1ccccc1. The van der Waals surface area contributed by atoms with Crippen molar-refractivity contribution in [1.29, 1.82) is 5.26 Å². The van der Waals surface area contributed by atoms with Crippen molar-refractivity contribution in [1.82, 2.24) is 4.90 Å². The molecule has 0 atom stereocenters. The van der Waals surface area contributed by atoms with Gasteiger partial charge in [-0.3, -0.25) is 19.4 Å². The average molecular weight is 285 g/mol. The van der Waals surface area contributed by atoms with Gasteiger partial charge in [0.2, 0.25) is 5.91 Å². The van der Waals surface area contributed by atoms with E-state index < -0.39 is 5.97 Å². The fourth-order valence-electron chi connectivity index (χ4n) is 1.77. The third-order valence-electron chi connectivity index (χ3n) is 2.63. The molecule has 0 aliphatic carbocycles. The maximum absolute atomic E-state index is 12.3. The molecule has 0 spiro atoms. The standard InChI is InChI=1S/C15H15N3O3/c1-2-9-17(12-15(20)21)11-14(19)18(10-8-16)13-6-4-3-5-7-13/h1,3-7H,9-12H2,(H,20,21). The van der Waals surface area contributed by atoms with E-state index in [4.69, 9.17) is 16.8 Å². The summed E-state index contributed by atoms with van der Waals surface area (Å²) in [5.41, 5.74) is 0.583. The number of benzene rings is 1. The van der Waals surface area contributed by atoms with Crippen molar-refractivity contribution in [3.8, 4) is 18.4 Å². The van der Waals surface area contributed by atoms with Gasteiger partial charge in [-0.25, -0.2) is 0 Å². The summed E-state index contributed by atoms with van der Waals surface area (Å²) in [5.74, 6) is 0.875. The van der Waals surface area contributed by atoms with Crippen LogP contribution in [0.3, 0.4) is 0 Å². The van der Waals surface area contributed by atoms with E-state index in [1.54, 1.807) is 30.3 Å². The van der Waals surface area contributed by atoms with Crippen LogP contribution < -0.4 is 4.90 Å². The first kappa shape index (κ1) is 16.2. The van der Waals surface area contributed by atoms with Crippen LogP contribution in [0.1, 0.15) is 0 Å². The fraction of sp³-hybridized carbons (Fsp3) is 0.267. The van der Waals surface area contributed by atoms with E-state index in [-0.39, 0.29) is 32.1 Å². The molecule has 1 aromatic rings. The number of amides is 1. The normalized spacial score (nSPS) is 9.67. The topological polar surface area (TPSA) is 84.6 Å². The summed E-state index contributed by atoms with van der Waals surface area (Å²) >= 11 is 0. The highest BCUT2D eigenvalue weighted by atomic mass is 16.4. The van der Waals surface area contributed by atoms with Crippen molar-refractivity contribution in [2.45, 2.75) is 0 Å². The van der Waals surface area contributed by atoms with E-state index in [0.717, 1.165) is 0 Å². The summed E-state index contributed by atoms with van der Waals surface area (Å²) in [5, 5.41) is 17.6. The second kappa shape index (κ2) is 8.36. The van der Waals surface area contributed by atoms with Crippen LogP contribution >= 0.6 is 0 Å². The van der Waals surface area contributed by atoms with E-state index in [1.165, 1.54) is 9.80 Å². The van der Waals surface area contributed by atoms with E-state index in [2.05, 4.69) is 5.92 Å². The van der Waals surface area contributed by atoms with Crippen LogP contribution in [0, 0.1) is 23.7 Å². The van der Waals surface area contributed by atoms with Crippen molar-refractivity contribution >= 4 is 17.6 Å². The number of nitrogens with zero attached hydrogens (tertiary/aromatic N) is 3. The third-order valence-corrected chi connectivity index (χ3v) is 2.63. The Morgan fingerprint density at radius 3 is 2.38 bits per heavy atom. The minimum Gasteiger partial charge on any atom is -0.480 e. The molecule has 0 saturated carbocycles. The molecular weight excluding hydrogens is 270 g/mol. The lowest BCUT2D eigenvalue weighted by Crippen LogP contribution is -2.42. The van der Waals surface area contributed by atoms with Crippen molar-refractivity contribution < 1.29 is 14.7 Å². The molecule has 0 saturated heterocycles. The van der Waals surface area contributed by atoms with E-state index in [1.807, 2.05) is 6.07 Å². The fourth-order valence-corrected chi connectivity index (χ4v) is 1.77. The third kappa shape index (κ3) is 5.35. The Balaban J connectivity index is 2.84. The van der Waals surface area contributed by atoms with Crippen LogP contribution in [-0.2, 0) is 9.59 Å². The lowest BCUT2D eigenvalue weighted by molar-refractivity contribution is -0.138. The van der Waals surface area contributed by atoms with Gasteiger partial charge in [-0.2, -0.15) is 5.26 Å². The first-order valence-electron chi connectivity index (χ1n) is 6.18. The Morgan fingerprint density at radius 2 is 1.86 bits per heavy atom. The number of terminal acetylenes is 1. The molecule has 108 valence electrons. The smallest absolute Gasteiger partial charge is 0.317 e. The van der Waals surface area contributed by atoms with Crippen molar-refractivity contribution in [3.05, 3.63) is 30.3 Å². The molecule has 6 nitrogen and oxygen atoms in total. The molecule has 21 heavy (non-hydrogen) atoms. The van der Waals surface area contributed by atoms with Crippen LogP contribution in [-0.4, -0.2) is 48.1 Å². The predicted molar refractivity (Wildman–Crippen MR) is 77.3 cm³/mol. The molecule has 0 radical (unpaired) electrons. The second-order valence-electron chi connectivity index (χ2n) is 4.22. The van der Waals surface area contributed by atoms with Gasteiger partial charge >= 0.3 is 5.97 Å². The molecule has 0 aliphatic rings. The number of aliphatic carboxylic acids is 1. The summed E-state index contributed by atoms with van der Waals surface area (Å²) < 4.78 is 0. The number of anilines is 1. The molecule has 0 unspecified atom stereocenters. The largest absolute Gasteiger partial charge is 0.480 e. The molecule has 0 bridgehead atoms. The number of carboxylic acid groups (broad SMARTS) is 1. The maximum atomic E-state index is 12.3. The summed E-state index contributed by atoms with van der Waals surface area (Å²) in [4.78, 5) is 25.6. The van der Waals surface area contributed by atoms with Crippen LogP contribution in [0.5, 0.6) is 0 Å². The van der Waals surface area contributed by atoms with Crippen molar-refractivity contribution in [2.75, 3.05) is 31.1 Å². The molecule has 1 aromatic carbocycles. The number of hydrogen-bond acceptors (Lipinski definition) is 4. The first-order valence-corrected chi connectivity index (χ1v) is 6.18. The summed E-state index contributed by atoms with van der Waals surface area (Å²) in [6.45, 7) is -0.550. The van der Waals surface area contributed by atoms with Gasteiger partial charge in [0.15, 0.2) is 0 Å². The number of carbonyl (C=O) groups is 2. The molecule has 1 N–H and O–H groups in total. The molecule has 0 fully saturated rings. The molecule has 0 aliphatic heterocycles. The van der Waals surface area contributed by atoms with Crippen molar-refractivity contribution in [2.24, 2.45) is 0 Å². The molecule has 1 amide bonds. The minimum atomic E-state index is -1.07. The van der Waals surface area contributed by atoms with Crippen LogP contribution in [0.4, 0.5) is 5.69 Å². The lowest BCUT2D eigenvalue weighted by atomic mass is 10.2. The zero-order valence-corrected chi connectivity index (χ0v) is 11.4. The van der Waals surface area contributed by atoms with Crippen molar-refractivity contribution in [3.63, 3.8) is 0 Å². The maximum Gasteiger partial charge on any atom is 0.317 e. The molecular formula is C15H15N3O3. The van der Waals surface area contributed by atoms with Gasteiger partial charge < -0.3 is 5.11 Å². The highest BCUT2D eigenvalue weighted by Gasteiger charge is 2.19. The number of para-hydroxylation sites is 1. The van der Waals surface area contributed by atoms with Gasteiger partial charge in [0.05, 0.1) is 25.7 Å². The Morgan fingerprint density at radius 1 is 1.19 bits per heavy atom. The number of carboxylic acids is 1. The molecule has 6 heteroatoms. The van der Waals surface area contributed by atoms with E-state index in [0.29, 0.717) is 5.69 Å². The average Bonchev–Trinajstić information content (AvgIpc) is 2.45. The zero-order chi connectivity index (χ0) is 15.7. The highest BCUT2D eigenvalue weighted by molar-refractivity contribution is 5.95. The van der Waals surface area contributed by atoms with Gasteiger partial charge in [-0.15, -0.1) is 6.42 Å². The Kier molecular flexibility index (Phi) is 6.46. The first-order chi connectivity index (χ1) is 10.1. The zero-order valence-electron chi connectivity index (χ0n) is 11.4. The van der Waals surface area contributed by atoms with Gasteiger partial charge in [0.1, 0.15) is 6.54 Å².